The minimum absolute atomic E-state index is 0.0213. The second-order valence-electron chi connectivity index (χ2n) is 5.35. The number of hydrogen-bond acceptors (Lipinski definition) is 4. The van der Waals surface area contributed by atoms with Gasteiger partial charge in [0.1, 0.15) is 6.54 Å². The van der Waals surface area contributed by atoms with Crippen molar-refractivity contribution in [2.45, 2.75) is 32.7 Å². The monoisotopic (exact) mass is 285 g/mol. The molecule has 1 aliphatic carbocycles. The fourth-order valence-corrected chi connectivity index (χ4v) is 2.76. The van der Waals surface area contributed by atoms with Crippen molar-refractivity contribution < 1.29 is 9.72 Å². The third kappa shape index (κ3) is 2.56. The third-order valence-corrected chi connectivity index (χ3v) is 3.82. The number of hydrogen-bond donors (Lipinski definition) is 0. The first kappa shape index (κ1) is 13.5. The Kier molecular flexibility index (Phi) is 3.29. The highest BCUT2D eigenvalue weighted by atomic mass is 16.6. The predicted octanol–water partition coefficient (Wildman–Crippen LogP) is 2.47. The normalized spacial score (nSPS) is 13.2. The second-order valence-corrected chi connectivity index (χ2v) is 5.35. The molecule has 0 unspecified atom stereocenters. The van der Waals surface area contributed by atoms with Gasteiger partial charge in [-0.25, -0.2) is 0 Å². The number of carbonyl (C=O) groups excluding carboxylic acids is 1. The van der Waals surface area contributed by atoms with E-state index < -0.39 is 4.92 Å². The summed E-state index contributed by atoms with van der Waals surface area (Å²) in [4.78, 5) is 22.5. The number of aromatic nitrogens is 2. The summed E-state index contributed by atoms with van der Waals surface area (Å²) in [5.41, 5.74) is 3.66. The van der Waals surface area contributed by atoms with Crippen LogP contribution in [0.3, 0.4) is 0 Å². The topological polar surface area (TPSA) is 78.0 Å². The predicted molar refractivity (Wildman–Crippen MR) is 76.4 cm³/mol. The first-order chi connectivity index (χ1) is 10.0. The van der Waals surface area contributed by atoms with Crippen LogP contribution in [0.25, 0.3) is 0 Å². The Bertz CT molecular complexity index is 734. The van der Waals surface area contributed by atoms with Crippen molar-refractivity contribution in [3.8, 4) is 0 Å². The highest BCUT2D eigenvalue weighted by Gasteiger charge is 2.20. The molecule has 0 aliphatic heterocycles. The molecule has 0 spiro atoms. The molecule has 1 aliphatic rings. The van der Waals surface area contributed by atoms with Gasteiger partial charge < -0.3 is 10.1 Å². The van der Waals surface area contributed by atoms with Gasteiger partial charge in [0.05, 0.1) is 16.9 Å². The zero-order valence-electron chi connectivity index (χ0n) is 11.7. The van der Waals surface area contributed by atoms with E-state index in [0.29, 0.717) is 11.1 Å². The lowest BCUT2D eigenvalue weighted by Crippen LogP contribution is -2.11. The van der Waals surface area contributed by atoms with Gasteiger partial charge in [-0.1, -0.05) is 12.1 Å². The van der Waals surface area contributed by atoms with E-state index >= 15 is 0 Å². The molecular weight excluding hydrogens is 270 g/mol. The molecule has 0 bridgehead atoms. The molecule has 108 valence electrons. The maximum Gasteiger partial charge on any atom is 0.392 e. The quantitative estimate of drug-likeness (QED) is 0.491. The van der Waals surface area contributed by atoms with Crippen LogP contribution in [0.1, 0.15) is 33.5 Å². The van der Waals surface area contributed by atoms with Crippen molar-refractivity contribution >= 4 is 11.6 Å². The summed E-state index contributed by atoms with van der Waals surface area (Å²) in [5, 5.41) is 14.6. The van der Waals surface area contributed by atoms with Gasteiger partial charge in [-0.05, 0) is 48.3 Å². The Balaban J connectivity index is 1.80. The third-order valence-electron chi connectivity index (χ3n) is 3.82. The van der Waals surface area contributed by atoms with Crippen LogP contribution < -0.4 is 0 Å². The summed E-state index contributed by atoms with van der Waals surface area (Å²) in [5.74, 6) is -0.279. The SMILES string of the molecule is Cc1cn(CC(=O)c2ccc3c(c2)CCC3)nc1[N+](=O)[O-]. The minimum Gasteiger partial charge on any atom is -0.358 e. The fraction of sp³-hybridized carbons (Fsp3) is 0.333. The van der Waals surface area contributed by atoms with Gasteiger partial charge in [0, 0.05) is 5.56 Å². The Labute approximate surface area is 121 Å². The number of carbonyl (C=O) groups is 1. The molecule has 0 N–H and O–H groups in total. The standard InChI is InChI=1S/C15H15N3O3/c1-10-8-17(16-15(10)18(20)21)9-14(19)13-6-5-11-3-2-4-12(11)7-13/h5-8H,2-4,9H2,1H3. The maximum atomic E-state index is 12.3. The summed E-state index contributed by atoms with van der Waals surface area (Å²) in [6, 6.07) is 5.78. The molecule has 1 heterocycles. The van der Waals surface area contributed by atoms with Gasteiger partial charge >= 0.3 is 5.82 Å². The van der Waals surface area contributed by atoms with E-state index in [0.717, 1.165) is 19.3 Å². The Hall–Kier alpha value is -2.50. The van der Waals surface area contributed by atoms with Crippen LogP contribution in [0, 0.1) is 17.0 Å². The van der Waals surface area contributed by atoms with E-state index in [9.17, 15) is 14.9 Å². The van der Waals surface area contributed by atoms with Gasteiger partial charge in [-0.3, -0.25) is 4.79 Å². The number of benzene rings is 1. The number of fused-ring (bicyclic) bond motifs is 1. The largest absolute Gasteiger partial charge is 0.392 e. The van der Waals surface area contributed by atoms with Crippen LogP contribution in [0.2, 0.25) is 0 Å². The number of aryl methyl sites for hydroxylation is 3. The molecule has 1 aromatic heterocycles. The summed E-state index contributed by atoms with van der Waals surface area (Å²) < 4.78 is 1.34. The minimum atomic E-state index is -0.536. The molecule has 0 fully saturated rings. The Morgan fingerprint density at radius 3 is 2.86 bits per heavy atom. The van der Waals surface area contributed by atoms with E-state index in [1.54, 1.807) is 6.92 Å². The smallest absolute Gasteiger partial charge is 0.358 e. The van der Waals surface area contributed by atoms with Crippen LogP contribution in [-0.4, -0.2) is 20.5 Å². The maximum absolute atomic E-state index is 12.3. The highest BCUT2D eigenvalue weighted by molar-refractivity contribution is 5.96. The lowest BCUT2D eigenvalue weighted by molar-refractivity contribution is -0.390. The number of rotatable bonds is 4. The Morgan fingerprint density at radius 1 is 1.38 bits per heavy atom. The molecule has 0 saturated heterocycles. The van der Waals surface area contributed by atoms with Gasteiger partial charge in [0.25, 0.3) is 0 Å². The molecule has 3 rings (SSSR count). The zero-order valence-corrected chi connectivity index (χ0v) is 11.7. The number of Topliss-reactive ketones (excluding diaryl/α,β-unsaturated/α-hetero) is 1. The van der Waals surface area contributed by atoms with E-state index in [4.69, 9.17) is 0 Å². The molecule has 0 atom stereocenters. The van der Waals surface area contributed by atoms with E-state index in [2.05, 4.69) is 5.10 Å². The van der Waals surface area contributed by atoms with Crippen LogP contribution >= 0.6 is 0 Å². The fourth-order valence-electron chi connectivity index (χ4n) is 2.76. The molecule has 0 amide bonds. The van der Waals surface area contributed by atoms with Crippen molar-refractivity contribution in [2.75, 3.05) is 0 Å². The van der Waals surface area contributed by atoms with Crippen molar-refractivity contribution in [3.63, 3.8) is 0 Å². The van der Waals surface area contributed by atoms with E-state index in [-0.39, 0.29) is 18.1 Å². The Morgan fingerprint density at radius 2 is 2.14 bits per heavy atom. The summed E-state index contributed by atoms with van der Waals surface area (Å²) >= 11 is 0. The van der Waals surface area contributed by atoms with Crippen molar-refractivity contribution in [1.82, 2.24) is 9.78 Å². The van der Waals surface area contributed by atoms with Crippen molar-refractivity contribution in [3.05, 3.63) is 56.8 Å². The highest BCUT2D eigenvalue weighted by Crippen LogP contribution is 2.23. The van der Waals surface area contributed by atoms with Crippen molar-refractivity contribution in [2.24, 2.45) is 0 Å². The lowest BCUT2D eigenvalue weighted by Gasteiger charge is -2.03. The zero-order chi connectivity index (χ0) is 15.0. The number of nitro groups is 1. The van der Waals surface area contributed by atoms with Gasteiger partial charge in [-0.15, -0.1) is 0 Å². The lowest BCUT2D eigenvalue weighted by atomic mass is 10.0. The van der Waals surface area contributed by atoms with Crippen LogP contribution in [0.4, 0.5) is 5.82 Å². The molecular formula is C15H15N3O3. The molecule has 0 radical (unpaired) electrons. The number of nitrogens with zero attached hydrogens (tertiary/aromatic N) is 3. The molecule has 6 heteroatoms. The average molecular weight is 285 g/mol. The van der Waals surface area contributed by atoms with Crippen LogP contribution in [0.5, 0.6) is 0 Å². The van der Waals surface area contributed by atoms with Crippen LogP contribution in [-0.2, 0) is 19.4 Å². The summed E-state index contributed by atoms with van der Waals surface area (Å²) in [6.07, 6.45) is 4.76. The molecule has 0 saturated carbocycles. The molecule has 1 aromatic carbocycles. The summed E-state index contributed by atoms with van der Waals surface area (Å²) in [6.45, 7) is 1.63. The van der Waals surface area contributed by atoms with E-state index in [1.165, 1.54) is 22.0 Å². The molecule has 6 nitrogen and oxygen atoms in total. The average Bonchev–Trinajstić information content (AvgIpc) is 3.04. The van der Waals surface area contributed by atoms with Crippen LogP contribution in [0.15, 0.2) is 24.4 Å². The molecule has 2 aromatic rings. The summed E-state index contributed by atoms with van der Waals surface area (Å²) in [7, 11) is 0. The van der Waals surface area contributed by atoms with E-state index in [1.807, 2.05) is 18.2 Å². The van der Waals surface area contributed by atoms with Crippen molar-refractivity contribution in [1.29, 1.82) is 0 Å². The second kappa shape index (κ2) is 5.12. The van der Waals surface area contributed by atoms with Gasteiger partial charge in [-0.2, -0.15) is 4.68 Å². The first-order valence-electron chi connectivity index (χ1n) is 6.88. The van der Waals surface area contributed by atoms with Gasteiger partial charge in [0.15, 0.2) is 5.78 Å². The first-order valence-corrected chi connectivity index (χ1v) is 6.88. The number of ketones is 1. The molecule has 21 heavy (non-hydrogen) atoms. The van der Waals surface area contributed by atoms with Gasteiger partial charge in [0.2, 0.25) is 0 Å².